The number of aliphatic hydroxyl groups excluding tert-OH is 6. The fraction of sp³-hybridized carbons (Fsp3) is 0.917. The Hall–Kier alpha value is -0.610. The molecule has 8 heteroatoms. The summed E-state index contributed by atoms with van der Waals surface area (Å²) in [6, 6.07) is 0. The second kappa shape index (κ2) is 18.4. The highest BCUT2D eigenvalue weighted by molar-refractivity contribution is 5.72. The van der Waals surface area contributed by atoms with Crippen molar-refractivity contribution in [2.75, 3.05) is 33.0 Å². The smallest absolute Gasteiger partial charge is 0.126 e. The van der Waals surface area contributed by atoms with Crippen molar-refractivity contribution in [3.8, 4) is 0 Å². The van der Waals surface area contributed by atoms with E-state index in [-0.39, 0.29) is 32.2 Å². The SMILES string of the molecule is CC(C)=O.CC1CO1.OCC(O)CO.OCC(O)CO. The topological polar surface area (TPSA) is 151 Å². The molecule has 1 rings (SSSR count). The lowest BCUT2D eigenvalue weighted by atomic mass is 10.4. The summed E-state index contributed by atoms with van der Waals surface area (Å²) in [6.07, 6.45) is -1.32. The third-order valence-corrected chi connectivity index (χ3v) is 1.34. The molecule has 6 N–H and O–H groups in total. The van der Waals surface area contributed by atoms with Gasteiger partial charge in [0.2, 0.25) is 0 Å². The fourth-order valence-electron chi connectivity index (χ4n) is 0.212. The number of Topliss-reactive ketones (excluding diaryl/α,β-unsaturated/α-hetero) is 1. The van der Waals surface area contributed by atoms with Crippen LogP contribution in [0.3, 0.4) is 0 Å². The molecular weight excluding hydrogens is 272 g/mol. The number of carbonyl (C=O) groups is 1. The number of aliphatic hydroxyl groups is 6. The van der Waals surface area contributed by atoms with Crippen LogP contribution in [0.25, 0.3) is 0 Å². The molecule has 1 fully saturated rings. The summed E-state index contributed by atoms with van der Waals surface area (Å²) in [7, 11) is 0. The molecule has 1 aliphatic rings. The first-order valence-corrected chi connectivity index (χ1v) is 6.13. The highest BCUT2D eigenvalue weighted by Gasteiger charge is 2.13. The van der Waals surface area contributed by atoms with Crippen molar-refractivity contribution in [3.05, 3.63) is 0 Å². The average Bonchev–Trinajstić information content (AvgIpc) is 3.20. The van der Waals surface area contributed by atoms with E-state index in [4.69, 9.17) is 35.4 Å². The molecule has 0 bridgehead atoms. The van der Waals surface area contributed by atoms with Gasteiger partial charge in [0.1, 0.15) is 18.0 Å². The van der Waals surface area contributed by atoms with Gasteiger partial charge in [0.15, 0.2) is 0 Å². The summed E-state index contributed by atoms with van der Waals surface area (Å²) < 4.78 is 4.71. The molecule has 0 spiro atoms. The Morgan fingerprint density at radius 2 is 1.15 bits per heavy atom. The van der Waals surface area contributed by atoms with Gasteiger partial charge in [-0.05, 0) is 20.8 Å². The largest absolute Gasteiger partial charge is 0.394 e. The third-order valence-electron chi connectivity index (χ3n) is 1.34. The van der Waals surface area contributed by atoms with Crippen molar-refractivity contribution in [1.29, 1.82) is 0 Å². The predicted octanol–water partition coefficient (Wildman–Crippen LogP) is -2.34. The lowest BCUT2D eigenvalue weighted by Crippen LogP contribution is -2.15. The van der Waals surface area contributed by atoms with Crippen LogP contribution in [0.2, 0.25) is 0 Å². The van der Waals surface area contributed by atoms with Gasteiger partial charge in [-0.15, -0.1) is 0 Å². The molecule has 124 valence electrons. The van der Waals surface area contributed by atoms with Gasteiger partial charge in [0.05, 0.1) is 39.1 Å². The van der Waals surface area contributed by atoms with E-state index in [1.165, 1.54) is 13.8 Å². The van der Waals surface area contributed by atoms with E-state index in [0.29, 0.717) is 6.10 Å². The van der Waals surface area contributed by atoms with Crippen molar-refractivity contribution in [2.24, 2.45) is 0 Å². The maximum absolute atomic E-state index is 9.44. The predicted molar refractivity (Wildman–Crippen MR) is 72.1 cm³/mol. The molecule has 0 aromatic heterocycles. The van der Waals surface area contributed by atoms with Crippen LogP contribution in [0.15, 0.2) is 0 Å². The lowest BCUT2D eigenvalue weighted by Gasteiger charge is -1.96. The van der Waals surface area contributed by atoms with Crippen LogP contribution < -0.4 is 0 Å². The summed E-state index contributed by atoms with van der Waals surface area (Å²) in [6.45, 7) is 4.64. The van der Waals surface area contributed by atoms with E-state index in [0.717, 1.165) is 6.61 Å². The van der Waals surface area contributed by atoms with Crippen molar-refractivity contribution in [2.45, 2.75) is 39.1 Å². The van der Waals surface area contributed by atoms with Gasteiger partial charge in [-0.2, -0.15) is 0 Å². The first-order chi connectivity index (χ1) is 9.24. The Kier molecular flexibility index (Phi) is 22.4. The zero-order valence-electron chi connectivity index (χ0n) is 12.3. The Bertz CT molecular complexity index is 174. The first kappa shape index (κ1) is 24.4. The third kappa shape index (κ3) is 43.3. The molecule has 0 radical (unpaired) electrons. The van der Waals surface area contributed by atoms with Gasteiger partial charge >= 0.3 is 0 Å². The Labute approximate surface area is 119 Å². The molecule has 1 saturated heterocycles. The van der Waals surface area contributed by atoms with Gasteiger partial charge in [0.25, 0.3) is 0 Å². The normalized spacial score (nSPS) is 15.2. The highest BCUT2D eigenvalue weighted by Crippen LogP contribution is 2.04. The summed E-state index contributed by atoms with van der Waals surface area (Å²) >= 11 is 0. The molecule has 1 unspecified atom stereocenters. The van der Waals surface area contributed by atoms with Gasteiger partial charge in [-0.1, -0.05) is 0 Å². The standard InChI is InChI=1S/2C3H8O3.2C3H6O/c2*4-1-3(6)2-5;1-3-2-4-3;1-3(2)4/h2*3-6H,1-2H2;3H,2H2,1H3;1-2H3. The quantitative estimate of drug-likeness (QED) is 0.316. The minimum absolute atomic E-state index is 0.167. The van der Waals surface area contributed by atoms with E-state index >= 15 is 0 Å². The van der Waals surface area contributed by atoms with Crippen LogP contribution in [0.4, 0.5) is 0 Å². The number of ether oxygens (including phenoxy) is 1. The molecule has 0 aromatic carbocycles. The van der Waals surface area contributed by atoms with Crippen LogP contribution >= 0.6 is 0 Å². The molecule has 0 saturated carbocycles. The van der Waals surface area contributed by atoms with Crippen LogP contribution in [-0.2, 0) is 9.53 Å². The molecule has 1 heterocycles. The van der Waals surface area contributed by atoms with E-state index in [9.17, 15) is 4.79 Å². The molecule has 1 aliphatic heterocycles. The van der Waals surface area contributed by atoms with E-state index < -0.39 is 12.2 Å². The number of epoxide rings is 1. The first-order valence-electron chi connectivity index (χ1n) is 6.13. The minimum atomic E-state index is -0.954. The highest BCUT2D eigenvalue weighted by atomic mass is 16.6. The number of hydrogen-bond acceptors (Lipinski definition) is 8. The number of hydrogen-bond donors (Lipinski definition) is 6. The van der Waals surface area contributed by atoms with Crippen LogP contribution in [0, 0.1) is 0 Å². The maximum Gasteiger partial charge on any atom is 0.126 e. The molecule has 0 amide bonds. The summed E-state index contributed by atoms with van der Waals surface area (Å²) in [5.41, 5.74) is 0. The Balaban J connectivity index is -0.000000196. The number of rotatable bonds is 4. The summed E-state index contributed by atoms with van der Waals surface area (Å²) in [4.78, 5) is 9.44. The zero-order chi connectivity index (χ0) is 16.6. The van der Waals surface area contributed by atoms with Gasteiger partial charge in [-0.25, -0.2) is 0 Å². The Morgan fingerprint density at radius 3 is 1.15 bits per heavy atom. The molecule has 0 aliphatic carbocycles. The molecule has 0 aromatic rings. The van der Waals surface area contributed by atoms with Crippen molar-refractivity contribution in [1.82, 2.24) is 0 Å². The van der Waals surface area contributed by atoms with Crippen LogP contribution in [0.1, 0.15) is 20.8 Å². The molecule has 20 heavy (non-hydrogen) atoms. The second-order valence-corrected chi connectivity index (χ2v) is 4.09. The monoisotopic (exact) mass is 300 g/mol. The zero-order valence-corrected chi connectivity index (χ0v) is 12.3. The van der Waals surface area contributed by atoms with Gasteiger partial charge in [-0.3, -0.25) is 0 Å². The maximum atomic E-state index is 9.44. The number of ketones is 1. The molecular formula is C12H28O8. The van der Waals surface area contributed by atoms with Crippen molar-refractivity contribution in [3.63, 3.8) is 0 Å². The van der Waals surface area contributed by atoms with Crippen molar-refractivity contribution >= 4 is 5.78 Å². The summed E-state index contributed by atoms with van der Waals surface area (Å²) in [5, 5.41) is 48.0. The molecule has 1 atom stereocenters. The van der Waals surface area contributed by atoms with Crippen molar-refractivity contribution < 1.29 is 40.2 Å². The van der Waals surface area contributed by atoms with E-state index in [1.807, 2.05) is 0 Å². The number of carbonyl (C=O) groups excluding carboxylic acids is 1. The van der Waals surface area contributed by atoms with Gasteiger partial charge in [0, 0.05) is 0 Å². The van der Waals surface area contributed by atoms with Crippen LogP contribution in [0.5, 0.6) is 0 Å². The average molecular weight is 300 g/mol. The molecule has 8 nitrogen and oxygen atoms in total. The minimum Gasteiger partial charge on any atom is -0.394 e. The van der Waals surface area contributed by atoms with E-state index in [2.05, 4.69) is 6.92 Å². The Morgan fingerprint density at radius 1 is 1.00 bits per heavy atom. The lowest BCUT2D eigenvalue weighted by molar-refractivity contribution is -0.114. The van der Waals surface area contributed by atoms with Crippen LogP contribution in [-0.4, -0.2) is 87.8 Å². The fourth-order valence-corrected chi connectivity index (χ4v) is 0.212. The van der Waals surface area contributed by atoms with Gasteiger partial charge < -0.3 is 40.2 Å². The van der Waals surface area contributed by atoms with E-state index in [1.54, 1.807) is 0 Å². The second-order valence-electron chi connectivity index (χ2n) is 4.09. The summed E-state index contributed by atoms with van der Waals surface area (Å²) in [5.74, 6) is 0.167.